The van der Waals surface area contributed by atoms with Crippen LogP contribution in [0.5, 0.6) is 5.75 Å². The van der Waals surface area contributed by atoms with Gasteiger partial charge in [-0.05, 0) is 45.6 Å². The molecule has 23 heavy (non-hydrogen) atoms. The largest absolute Gasteiger partial charge is 0.493 e. The molecule has 1 amide bonds. The second kappa shape index (κ2) is 5.23. The molecule has 2 aliphatic heterocycles. The first-order chi connectivity index (χ1) is 11.0. The molecular formula is C19H25NO3. The van der Waals surface area contributed by atoms with Gasteiger partial charge in [-0.1, -0.05) is 18.2 Å². The van der Waals surface area contributed by atoms with Crippen LogP contribution in [0.15, 0.2) is 24.3 Å². The number of benzene rings is 1. The lowest BCUT2D eigenvalue weighted by Gasteiger charge is -2.26. The zero-order chi connectivity index (χ0) is 16.1. The third-order valence-corrected chi connectivity index (χ3v) is 5.68. The van der Waals surface area contributed by atoms with Crippen molar-refractivity contribution in [1.29, 1.82) is 0 Å². The number of hydrogen-bond donors (Lipinski definition) is 1. The first-order valence-electron chi connectivity index (χ1n) is 8.68. The van der Waals surface area contributed by atoms with Gasteiger partial charge in [-0.25, -0.2) is 0 Å². The van der Waals surface area contributed by atoms with E-state index < -0.39 is 0 Å². The molecule has 1 saturated heterocycles. The second-order valence-electron chi connectivity index (χ2n) is 7.79. The van der Waals surface area contributed by atoms with Crippen LogP contribution in [0.1, 0.15) is 45.1 Å². The van der Waals surface area contributed by atoms with E-state index in [1.54, 1.807) is 0 Å². The molecule has 1 aromatic carbocycles. The Labute approximate surface area is 137 Å². The summed E-state index contributed by atoms with van der Waals surface area (Å²) in [6.45, 7) is 5.57. The van der Waals surface area contributed by atoms with Crippen LogP contribution in [0.2, 0.25) is 0 Å². The predicted octanol–water partition coefficient (Wildman–Crippen LogP) is 2.80. The number of carbonyl (C=O) groups excluding carboxylic acids is 1. The Morgan fingerprint density at radius 1 is 1.30 bits per heavy atom. The minimum absolute atomic E-state index is 0.00866. The lowest BCUT2D eigenvalue weighted by molar-refractivity contribution is -0.123. The Bertz CT molecular complexity index is 627. The quantitative estimate of drug-likeness (QED) is 0.933. The first kappa shape index (κ1) is 15.0. The molecule has 0 unspecified atom stereocenters. The fourth-order valence-corrected chi connectivity index (χ4v) is 4.26. The maximum Gasteiger partial charge on any atom is 0.224 e. The fourth-order valence-electron chi connectivity index (χ4n) is 4.26. The van der Waals surface area contributed by atoms with E-state index in [1.807, 2.05) is 18.2 Å². The van der Waals surface area contributed by atoms with E-state index >= 15 is 0 Å². The van der Waals surface area contributed by atoms with Gasteiger partial charge < -0.3 is 14.8 Å². The molecule has 1 spiro atoms. The molecule has 1 saturated carbocycles. The summed E-state index contributed by atoms with van der Waals surface area (Å²) in [5.41, 5.74) is 1.18. The van der Waals surface area contributed by atoms with Crippen molar-refractivity contribution in [3.63, 3.8) is 0 Å². The second-order valence-corrected chi connectivity index (χ2v) is 7.79. The molecule has 4 rings (SSSR count). The number of ether oxygens (including phenoxy) is 2. The van der Waals surface area contributed by atoms with Gasteiger partial charge in [0.15, 0.2) is 0 Å². The highest BCUT2D eigenvalue weighted by Crippen LogP contribution is 2.60. The van der Waals surface area contributed by atoms with Crippen molar-refractivity contribution < 1.29 is 14.3 Å². The molecule has 2 heterocycles. The maximum absolute atomic E-state index is 12.6. The standard InChI is InChI=1S/C19H25NO3/c1-18(2)8-7-13(23-18)12-20-17(21)15-11-19(15)9-10-22-16-6-4-3-5-14(16)19/h3-6,13,15H,7-12H2,1-2H3,(H,20,21)/t13-,15+,19+/m1/s1. The molecule has 4 heteroatoms. The van der Waals surface area contributed by atoms with Crippen molar-refractivity contribution in [1.82, 2.24) is 5.32 Å². The van der Waals surface area contributed by atoms with E-state index in [9.17, 15) is 4.79 Å². The third kappa shape index (κ3) is 2.63. The molecule has 3 aliphatic rings. The smallest absolute Gasteiger partial charge is 0.224 e. The molecule has 0 radical (unpaired) electrons. The van der Waals surface area contributed by atoms with E-state index in [4.69, 9.17) is 9.47 Å². The number of para-hydroxylation sites is 1. The van der Waals surface area contributed by atoms with Gasteiger partial charge in [0.1, 0.15) is 5.75 Å². The molecule has 1 aliphatic carbocycles. The topological polar surface area (TPSA) is 47.6 Å². The summed E-state index contributed by atoms with van der Waals surface area (Å²) in [6.07, 6.45) is 4.13. The summed E-state index contributed by atoms with van der Waals surface area (Å²) in [6, 6.07) is 8.16. The molecular weight excluding hydrogens is 290 g/mol. The van der Waals surface area contributed by atoms with Gasteiger partial charge in [-0.2, -0.15) is 0 Å². The zero-order valence-corrected chi connectivity index (χ0v) is 13.9. The highest BCUT2D eigenvalue weighted by atomic mass is 16.5. The number of fused-ring (bicyclic) bond motifs is 2. The lowest BCUT2D eigenvalue weighted by atomic mass is 9.87. The van der Waals surface area contributed by atoms with Gasteiger partial charge in [-0.3, -0.25) is 4.79 Å². The number of hydrogen-bond acceptors (Lipinski definition) is 3. The van der Waals surface area contributed by atoms with Crippen molar-refractivity contribution in [2.45, 2.75) is 56.7 Å². The molecule has 1 aromatic rings. The van der Waals surface area contributed by atoms with Crippen LogP contribution < -0.4 is 10.1 Å². The van der Waals surface area contributed by atoms with Crippen molar-refractivity contribution in [3.05, 3.63) is 29.8 Å². The number of rotatable bonds is 3. The minimum atomic E-state index is -0.0458. The maximum atomic E-state index is 12.6. The van der Waals surface area contributed by atoms with Crippen LogP contribution in [0.4, 0.5) is 0 Å². The Kier molecular flexibility index (Phi) is 3.41. The monoisotopic (exact) mass is 315 g/mol. The zero-order valence-electron chi connectivity index (χ0n) is 13.9. The summed E-state index contributed by atoms with van der Waals surface area (Å²) < 4.78 is 11.7. The number of nitrogens with one attached hydrogen (secondary N) is 1. The summed E-state index contributed by atoms with van der Waals surface area (Å²) in [5.74, 6) is 1.21. The van der Waals surface area contributed by atoms with Crippen LogP contribution >= 0.6 is 0 Å². The van der Waals surface area contributed by atoms with E-state index in [-0.39, 0.29) is 28.9 Å². The molecule has 4 nitrogen and oxygen atoms in total. The van der Waals surface area contributed by atoms with Crippen molar-refractivity contribution >= 4 is 5.91 Å². The van der Waals surface area contributed by atoms with Crippen molar-refractivity contribution in [3.8, 4) is 5.75 Å². The van der Waals surface area contributed by atoms with Gasteiger partial charge in [0.05, 0.1) is 18.3 Å². The van der Waals surface area contributed by atoms with Crippen molar-refractivity contribution in [2.75, 3.05) is 13.2 Å². The van der Waals surface area contributed by atoms with Crippen LogP contribution in [-0.4, -0.2) is 30.8 Å². The van der Waals surface area contributed by atoms with Gasteiger partial charge in [0.25, 0.3) is 0 Å². The third-order valence-electron chi connectivity index (χ3n) is 5.68. The predicted molar refractivity (Wildman–Crippen MR) is 87.5 cm³/mol. The van der Waals surface area contributed by atoms with Crippen molar-refractivity contribution in [2.24, 2.45) is 5.92 Å². The number of carbonyl (C=O) groups is 1. The Balaban J connectivity index is 1.39. The summed E-state index contributed by atoms with van der Waals surface area (Å²) >= 11 is 0. The van der Waals surface area contributed by atoms with E-state index in [0.717, 1.165) is 31.4 Å². The first-order valence-corrected chi connectivity index (χ1v) is 8.68. The van der Waals surface area contributed by atoms with E-state index in [1.165, 1.54) is 5.56 Å². The molecule has 124 valence electrons. The molecule has 0 aromatic heterocycles. The molecule has 2 fully saturated rings. The van der Waals surface area contributed by atoms with Crippen LogP contribution in [0.25, 0.3) is 0 Å². The molecule has 1 N–H and O–H groups in total. The molecule has 3 atom stereocenters. The normalized spacial score (nSPS) is 33.8. The van der Waals surface area contributed by atoms with Gasteiger partial charge in [0, 0.05) is 23.4 Å². The summed E-state index contributed by atoms with van der Waals surface area (Å²) in [5, 5.41) is 3.12. The van der Waals surface area contributed by atoms with Crippen LogP contribution in [0.3, 0.4) is 0 Å². The van der Waals surface area contributed by atoms with Gasteiger partial charge in [-0.15, -0.1) is 0 Å². The fraction of sp³-hybridized carbons (Fsp3) is 0.632. The Morgan fingerprint density at radius 2 is 2.13 bits per heavy atom. The Morgan fingerprint density at radius 3 is 2.91 bits per heavy atom. The van der Waals surface area contributed by atoms with Gasteiger partial charge in [0.2, 0.25) is 5.91 Å². The SMILES string of the molecule is CC1(C)CC[C@H](CNC(=O)[C@@H]2C[C@]23CCOc2ccccc23)O1. The van der Waals surface area contributed by atoms with Gasteiger partial charge >= 0.3 is 0 Å². The number of amides is 1. The summed E-state index contributed by atoms with van der Waals surface area (Å²) in [4.78, 5) is 12.6. The molecule has 0 bridgehead atoms. The van der Waals surface area contributed by atoms with E-state index in [2.05, 4.69) is 25.2 Å². The average molecular weight is 315 g/mol. The average Bonchev–Trinajstić information content (AvgIpc) is 3.14. The summed E-state index contributed by atoms with van der Waals surface area (Å²) in [7, 11) is 0. The lowest BCUT2D eigenvalue weighted by Crippen LogP contribution is -2.36. The van der Waals surface area contributed by atoms with E-state index in [0.29, 0.717) is 13.2 Å². The highest BCUT2D eigenvalue weighted by molar-refractivity contribution is 5.84. The van der Waals surface area contributed by atoms with Crippen LogP contribution in [0, 0.1) is 5.92 Å². The highest BCUT2D eigenvalue weighted by Gasteiger charge is 2.60. The minimum Gasteiger partial charge on any atom is -0.493 e. The van der Waals surface area contributed by atoms with Crippen LogP contribution in [-0.2, 0) is 14.9 Å². The Hall–Kier alpha value is -1.55.